The van der Waals surface area contributed by atoms with Crippen molar-refractivity contribution in [3.05, 3.63) is 22.4 Å². The van der Waals surface area contributed by atoms with Crippen molar-refractivity contribution in [2.45, 2.75) is 51.6 Å². The maximum absolute atomic E-state index is 11.9. The van der Waals surface area contributed by atoms with E-state index < -0.39 is 7.12 Å². The Morgan fingerprint density at radius 3 is 3.00 bits per heavy atom. The Labute approximate surface area is 124 Å². The van der Waals surface area contributed by atoms with E-state index in [4.69, 9.17) is 4.65 Å². The van der Waals surface area contributed by atoms with Gasteiger partial charge in [-0.3, -0.25) is 4.79 Å². The van der Waals surface area contributed by atoms with Gasteiger partial charge in [-0.25, -0.2) is 0 Å². The predicted molar refractivity (Wildman–Crippen MR) is 81.5 cm³/mol. The van der Waals surface area contributed by atoms with Gasteiger partial charge in [0.15, 0.2) is 0 Å². The zero-order valence-electron chi connectivity index (χ0n) is 12.0. The third-order valence-corrected chi connectivity index (χ3v) is 4.35. The summed E-state index contributed by atoms with van der Waals surface area (Å²) in [5.74, 6) is 0.213. The highest BCUT2D eigenvalue weighted by Crippen LogP contribution is 2.21. The van der Waals surface area contributed by atoms with Crippen LogP contribution in [0.3, 0.4) is 0 Å². The molecule has 2 N–H and O–H groups in total. The SMILES string of the molecule is CC(C)C[C@@H]1CCC(NC(=O)Cc2cccs2)B(O)O1. The molecule has 0 radical (unpaired) electrons. The van der Waals surface area contributed by atoms with Gasteiger partial charge in [-0.05, 0) is 36.6 Å². The van der Waals surface area contributed by atoms with E-state index in [1.165, 1.54) is 0 Å². The number of thiophene rings is 1. The molecule has 20 heavy (non-hydrogen) atoms. The highest BCUT2D eigenvalue weighted by atomic mass is 32.1. The second-order valence-corrected chi connectivity index (χ2v) is 6.82. The second kappa shape index (κ2) is 7.25. The summed E-state index contributed by atoms with van der Waals surface area (Å²) < 4.78 is 5.59. The van der Waals surface area contributed by atoms with E-state index in [1.807, 2.05) is 17.5 Å². The molecule has 2 rings (SSSR count). The van der Waals surface area contributed by atoms with Crippen molar-refractivity contribution in [3.63, 3.8) is 0 Å². The smallest absolute Gasteiger partial charge is 0.426 e. The number of hydrogen-bond acceptors (Lipinski definition) is 4. The van der Waals surface area contributed by atoms with E-state index in [0.29, 0.717) is 12.3 Å². The van der Waals surface area contributed by atoms with Crippen LogP contribution in [0.25, 0.3) is 0 Å². The number of nitrogens with one attached hydrogen (secondary N) is 1. The molecule has 1 amide bonds. The molecule has 0 bridgehead atoms. The van der Waals surface area contributed by atoms with Gasteiger partial charge in [0.2, 0.25) is 5.91 Å². The quantitative estimate of drug-likeness (QED) is 0.817. The lowest BCUT2D eigenvalue weighted by Crippen LogP contribution is -2.53. The fourth-order valence-corrected chi connectivity index (χ4v) is 3.24. The number of hydrogen-bond donors (Lipinski definition) is 2. The van der Waals surface area contributed by atoms with Gasteiger partial charge >= 0.3 is 7.12 Å². The molecule has 4 nitrogen and oxygen atoms in total. The van der Waals surface area contributed by atoms with Crippen LogP contribution >= 0.6 is 11.3 Å². The Balaban J connectivity index is 1.78. The molecule has 1 aliphatic heterocycles. The molecule has 1 unspecified atom stereocenters. The summed E-state index contributed by atoms with van der Waals surface area (Å²) in [5.41, 5.74) is 0. The van der Waals surface area contributed by atoms with Crippen molar-refractivity contribution in [2.75, 3.05) is 0 Å². The van der Waals surface area contributed by atoms with Crippen molar-refractivity contribution in [1.29, 1.82) is 0 Å². The monoisotopic (exact) mass is 295 g/mol. The number of carbonyl (C=O) groups excluding carboxylic acids is 1. The normalized spacial score (nSPS) is 23.1. The van der Waals surface area contributed by atoms with Crippen LogP contribution in [0.5, 0.6) is 0 Å². The molecule has 2 heterocycles. The number of rotatable bonds is 5. The summed E-state index contributed by atoms with van der Waals surface area (Å²) >= 11 is 1.57. The Bertz CT molecular complexity index is 424. The number of carbonyl (C=O) groups is 1. The fourth-order valence-electron chi connectivity index (χ4n) is 2.54. The van der Waals surface area contributed by atoms with E-state index in [2.05, 4.69) is 19.2 Å². The molecule has 1 aliphatic rings. The molecule has 110 valence electrons. The maximum atomic E-state index is 11.9. The summed E-state index contributed by atoms with van der Waals surface area (Å²) in [6.07, 6.45) is 3.09. The topological polar surface area (TPSA) is 58.6 Å². The van der Waals surface area contributed by atoms with Crippen molar-refractivity contribution < 1.29 is 14.5 Å². The van der Waals surface area contributed by atoms with Crippen LogP contribution in [0.2, 0.25) is 0 Å². The second-order valence-electron chi connectivity index (χ2n) is 5.79. The third kappa shape index (κ3) is 4.61. The Kier molecular flexibility index (Phi) is 5.63. The average Bonchev–Trinajstić information content (AvgIpc) is 2.84. The Hall–Kier alpha value is -0.845. The first-order chi connectivity index (χ1) is 9.54. The van der Waals surface area contributed by atoms with Gasteiger partial charge in [0.1, 0.15) is 0 Å². The van der Waals surface area contributed by atoms with Crippen LogP contribution in [-0.2, 0) is 15.9 Å². The minimum Gasteiger partial charge on any atom is -0.426 e. The standard InChI is InChI=1S/C14H22BNO3S/c1-10(2)8-11-5-6-13(15(18)19-11)16-14(17)9-12-4-3-7-20-12/h3-4,7,10-11,13,18H,5-6,8-9H2,1-2H3,(H,16,17)/t11-,13?/m0/s1. The van der Waals surface area contributed by atoms with Crippen LogP contribution in [0.1, 0.15) is 38.0 Å². The van der Waals surface area contributed by atoms with E-state index in [1.54, 1.807) is 11.3 Å². The number of amides is 1. The maximum Gasteiger partial charge on any atom is 0.478 e. The minimum atomic E-state index is -0.889. The van der Waals surface area contributed by atoms with Gasteiger partial charge < -0.3 is 15.0 Å². The van der Waals surface area contributed by atoms with Crippen LogP contribution < -0.4 is 5.32 Å². The molecule has 1 aromatic rings. The molecule has 0 spiro atoms. The lowest BCUT2D eigenvalue weighted by atomic mass is 9.72. The van der Waals surface area contributed by atoms with Crippen LogP contribution in [0.4, 0.5) is 0 Å². The van der Waals surface area contributed by atoms with Gasteiger partial charge in [0, 0.05) is 11.0 Å². The van der Waals surface area contributed by atoms with Crippen molar-refractivity contribution >= 4 is 24.4 Å². The highest BCUT2D eigenvalue weighted by molar-refractivity contribution is 7.10. The van der Waals surface area contributed by atoms with E-state index in [-0.39, 0.29) is 18.0 Å². The lowest BCUT2D eigenvalue weighted by Gasteiger charge is -2.32. The van der Waals surface area contributed by atoms with Crippen LogP contribution in [0, 0.1) is 5.92 Å². The molecular weight excluding hydrogens is 273 g/mol. The minimum absolute atomic E-state index is 0.0533. The van der Waals surface area contributed by atoms with Gasteiger partial charge in [-0.2, -0.15) is 0 Å². The summed E-state index contributed by atoms with van der Waals surface area (Å²) in [6, 6.07) is 3.87. The van der Waals surface area contributed by atoms with Gasteiger partial charge in [0.25, 0.3) is 0 Å². The Morgan fingerprint density at radius 1 is 1.60 bits per heavy atom. The summed E-state index contributed by atoms with van der Waals surface area (Å²) in [5, 5.41) is 14.8. The molecular formula is C14H22BNO3S. The first-order valence-electron chi connectivity index (χ1n) is 7.20. The highest BCUT2D eigenvalue weighted by Gasteiger charge is 2.35. The summed E-state index contributed by atoms with van der Waals surface area (Å²) in [7, 11) is -0.889. The average molecular weight is 295 g/mol. The molecule has 1 aromatic heterocycles. The predicted octanol–water partition coefficient (Wildman–Crippen LogP) is 2.02. The van der Waals surface area contributed by atoms with Gasteiger partial charge in [-0.15, -0.1) is 11.3 Å². The van der Waals surface area contributed by atoms with Crippen molar-refractivity contribution in [2.24, 2.45) is 5.92 Å². The zero-order chi connectivity index (χ0) is 14.5. The molecule has 2 atom stereocenters. The van der Waals surface area contributed by atoms with E-state index in [0.717, 1.165) is 24.1 Å². The molecule has 1 saturated heterocycles. The van der Waals surface area contributed by atoms with Crippen LogP contribution in [-0.4, -0.2) is 30.1 Å². The van der Waals surface area contributed by atoms with E-state index in [9.17, 15) is 9.82 Å². The zero-order valence-corrected chi connectivity index (χ0v) is 12.9. The third-order valence-electron chi connectivity index (χ3n) is 3.47. The first-order valence-corrected chi connectivity index (χ1v) is 8.08. The molecule has 0 saturated carbocycles. The summed E-state index contributed by atoms with van der Waals surface area (Å²) in [4.78, 5) is 12.9. The Morgan fingerprint density at radius 2 is 2.40 bits per heavy atom. The molecule has 1 fully saturated rings. The van der Waals surface area contributed by atoms with Gasteiger partial charge in [0.05, 0.1) is 12.4 Å². The van der Waals surface area contributed by atoms with Crippen LogP contribution in [0.15, 0.2) is 17.5 Å². The largest absolute Gasteiger partial charge is 0.478 e. The summed E-state index contributed by atoms with van der Waals surface area (Å²) in [6.45, 7) is 4.29. The lowest BCUT2D eigenvalue weighted by molar-refractivity contribution is -0.121. The van der Waals surface area contributed by atoms with Crippen molar-refractivity contribution in [3.8, 4) is 0 Å². The molecule has 0 aliphatic carbocycles. The van der Waals surface area contributed by atoms with Crippen molar-refractivity contribution in [1.82, 2.24) is 5.32 Å². The molecule has 6 heteroatoms. The first kappa shape index (κ1) is 15.5. The van der Waals surface area contributed by atoms with E-state index >= 15 is 0 Å². The fraction of sp³-hybridized carbons (Fsp3) is 0.643. The molecule has 0 aromatic carbocycles. The van der Waals surface area contributed by atoms with Gasteiger partial charge in [-0.1, -0.05) is 19.9 Å².